The quantitative estimate of drug-likeness (QED) is 0.327. The van der Waals surface area contributed by atoms with Gasteiger partial charge in [0.15, 0.2) is 0 Å². The number of hydrogen-bond donors (Lipinski definition) is 1. The summed E-state index contributed by atoms with van der Waals surface area (Å²) < 4.78 is 68.3. The summed E-state index contributed by atoms with van der Waals surface area (Å²) >= 11 is 0. The lowest BCUT2D eigenvalue weighted by atomic mass is 10.4. The summed E-state index contributed by atoms with van der Waals surface area (Å²) in [6.45, 7) is 0. The van der Waals surface area contributed by atoms with Crippen LogP contribution in [0.1, 0.15) is 0 Å². The second kappa shape index (κ2) is 1.41. The van der Waals surface area contributed by atoms with E-state index in [2.05, 4.69) is 0 Å². The number of halogens is 6. The Bertz CT molecular complexity index is 161. The normalized spacial score (nSPS) is 37.8. The first-order valence-electron chi connectivity index (χ1n) is 2.13. The van der Waals surface area contributed by atoms with Crippen LogP contribution in [0.15, 0.2) is 0 Å². The van der Waals surface area contributed by atoms with Crippen molar-refractivity contribution in [2.45, 2.75) is 18.0 Å². The van der Waals surface area contributed by atoms with Gasteiger partial charge in [-0.3, -0.25) is 0 Å². The summed E-state index contributed by atoms with van der Waals surface area (Å²) in [5.74, 6) is -4.50. The Morgan fingerprint density at radius 3 is 1.30 bits per heavy atom. The van der Waals surface area contributed by atoms with Crippen LogP contribution in [-0.4, -0.2) is 18.0 Å². The molecule has 0 spiro atoms. The van der Waals surface area contributed by atoms with Crippen molar-refractivity contribution in [3.63, 3.8) is 0 Å². The third-order valence-electron chi connectivity index (χ3n) is 1.09. The van der Waals surface area contributed by atoms with Gasteiger partial charge in [0, 0.05) is 0 Å². The van der Waals surface area contributed by atoms with Gasteiger partial charge in [-0.1, -0.05) is 0 Å². The van der Waals surface area contributed by atoms with E-state index in [0.717, 1.165) is 0 Å². The number of rotatable bonds is 0. The van der Waals surface area contributed by atoms with Gasteiger partial charge in [0.25, 0.3) is 0 Å². The van der Waals surface area contributed by atoms with Crippen LogP contribution in [0.25, 0.3) is 0 Å². The Morgan fingerprint density at radius 2 is 1.30 bits per heavy atom. The molecule has 0 saturated carbocycles. The summed E-state index contributed by atoms with van der Waals surface area (Å²) in [4.78, 5) is 0. The minimum atomic E-state index is -5.55. The molecule has 1 rings (SSSR count). The van der Waals surface area contributed by atoms with Crippen LogP contribution < -0.4 is 5.32 Å². The summed E-state index contributed by atoms with van der Waals surface area (Å²) in [5, 5.41) is 0.399. The smallest absolute Gasteiger partial charge is 0.207 e. The van der Waals surface area contributed by atoms with E-state index in [9.17, 15) is 26.3 Å². The summed E-state index contributed by atoms with van der Waals surface area (Å²) in [6, 6.07) is -4.45. The van der Waals surface area contributed by atoms with Crippen molar-refractivity contribution in [3.8, 4) is 0 Å². The van der Waals surface area contributed by atoms with Crippen LogP contribution in [0.4, 0.5) is 26.3 Å². The van der Waals surface area contributed by atoms with E-state index >= 15 is 0 Å². The molecule has 60 valence electrons. The molecule has 1 saturated heterocycles. The van der Waals surface area contributed by atoms with Crippen LogP contribution in [0.2, 0.25) is 0 Å². The second-order valence-electron chi connectivity index (χ2n) is 1.86. The molecule has 7 heteroatoms. The molecule has 0 amide bonds. The minimum absolute atomic E-state index is 0.399. The maximum absolute atomic E-state index is 11.8. The zero-order valence-corrected chi connectivity index (χ0v) is 4.27. The molecule has 0 aromatic carbocycles. The first-order valence-corrected chi connectivity index (χ1v) is 2.13. The third-order valence-corrected chi connectivity index (χ3v) is 1.09. The van der Waals surface area contributed by atoms with E-state index in [-0.39, 0.29) is 0 Å². The highest BCUT2D eigenvalue weighted by molar-refractivity contribution is 5.11. The Balaban J connectivity index is 2.78. The maximum atomic E-state index is 11.8. The van der Waals surface area contributed by atoms with Crippen molar-refractivity contribution < 1.29 is 26.3 Å². The zero-order chi connectivity index (χ0) is 8.21. The molecular formula is C3HF6N. The molecule has 0 aromatic heterocycles. The Morgan fingerprint density at radius 1 is 1.00 bits per heavy atom. The topological polar surface area (TPSA) is 21.9 Å². The SMILES string of the molecule is FC(F)(F)C1(F)NC1(F)F. The van der Waals surface area contributed by atoms with Crippen LogP contribution in [0.3, 0.4) is 0 Å². The molecule has 1 fully saturated rings. The summed E-state index contributed by atoms with van der Waals surface area (Å²) in [5.41, 5.74) is 0. The molecular weight excluding hydrogens is 164 g/mol. The van der Waals surface area contributed by atoms with Gasteiger partial charge in [-0.2, -0.15) is 22.0 Å². The van der Waals surface area contributed by atoms with Crippen molar-refractivity contribution >= 4 is 0 Å². The predicted octanol–water partition coefficient (Wildman–Crippen LogP) is 1.41. The van der Waals surface area contributed by atoms with Crippen molar-refractivity contribution in [1.82, 2.24) is 5.32 Å². The largest absolute Gasteiger partial charge is 0.444 e. The molecule has 1 nitrogen and oxygen atoms in total. The monoisotopic (exact) mass is 165 g/mol. The number of hydrogen-bond acceptors (Lipinski definition) is 1. The van der Waals surface area contributed by atoms with Crippen LogP contribution >= 0.6 is 0 Å². The van der Waals surface area contributed by atoms with E-state index in [0.29, 0.717) is 5.32 Å². The van der Waals surface area contributed by atoms with Gasteiger partial charge in [0.1, 0.15) is 0 Å². The van der Waals surface area contributed by atoms with Gasteiger partial charge >= 0.3 is 18.0 Å². The third kappa shape index (κ3) is 0.695. The van der Waals surface area contributed by atoms with Gasteiger partial charge in [0.05, 0.1) is 0 Å². The van der Waals surface area contributed by atoms with Crippen molar-refractivity contribution in [2.24, 2.45) is 0 Å². The van der Waals surface area contributed by atoms with Crippen molar-refractivity contribution in [3.05, 3.63) is 0 Å². The van der Waals surface area contributed by atoms with Gasteiger partial charge < -0.3 is 0 Å². The fourth-order valence-electron chi connectivity index (χ4n) is 0.434. The van der Waals surface area contributed by atoms with E-state index in [4.69, 9.17) is 0 Å². The Labute approximate surface area is 51.0 Å². The number of alkyl halides is 6. The lowest BCUT2D eigenvalue weighted by Crippen LogP contribution is -2.33. The van der Waals surface area contributed by atoms with Crippen molar-refractivity contribution in [2.75, 3.05) is 0 Å². The fraction of sp³-hybridized carbons (Fsp3) is 1.00. The van der Waals surface area contributed by atoms with Crippen LogP contribution in [-0.2, 0) is 0 Å². The second-order valence-corrected chi connectivity index (χ2v) is 1.86. The molecule has 0 aromatic rings. The van der Waals surface area contributed by atoms with Crippen LogP contribution in [0.5, 0.6) is 0 Å². The fourth-order valence-corrected chi connectivity index (χ4v) is 0.434. The lowest BCUT2D eigenvalue weighted by Gasteiger charge is -2.07. The standard InChI is InChI=1S/C3HF6N/c4-1(2(5,6)7)3(8,9)10-1/h10H. The van der Waals surface area contributed by atoms with E-state index in [1.54, 1.807) is 0 Å². The molecule has 10 heavy (non-hydrogen) atoms. The molecule has 1 unspecified atom stereocenters. The molecule has 0 bridgehead atoms. The zero-order valence-electron chi connectivity index (χ0n) is 4.27. The van der Waals surface area contributed by atoms with Crippen molar-refractivity contribution in [1.29, 1.82) is 0 Å². The Hall–Kier alpha value is -0.460. The maximum Gasteiger partial charge on any atom is 0.444 e. The minimum Gasteiger partial charge on any atom is -0.207 e. The van der Waals surface area contributed by atoms with Gasteiger partial charge in [-0.05, 0) is 0 Å². The van der Waals surface area contributed by atoms with Crippen LogP contribution in [0, 0.1) is 0 Å². The molecule has 0 radical (unpaired) electrons. The molecule has 0 aliphatic carbocycles. The van der Waals surface area contributed by atoms with E-state index < -0.39 is 18.0 Å². The van der Waals surface area contributed by atoms with E-state index in [1.165, 1.54) is 0 Å². The highest BCUT2D eigenvalue weighted by atomic mass is 19.4. The van der Waals surface area contributed by atoms with Gasteiger partial charge in [-0.15, -0.1) is 0 Å². The molecule has 1 aliphatic rings. The molecule has 1 heterocycles. The first-order chi connectivity index (χ1) is 4.21. The average Bonchev–Trinajstić information content (AvgIpc) is 2.05. The average molecular weight is 165 g/mol. The number of nitrogens with one attached hydrogen (secondary N) is 1. The van der Waals surface area contributed by atoms with Gasteiger partial charge in [0.2, 0.25) is 0 Å². The lowest BCUT2D eigenvalue weighted by molar-refractivity contribution is -0.218. The molecule has 1 atom stereocenters. The Kier molecular flexibility index (Phi) is 1.08. The highest BCUT2D eigenvalue weighted by Crippen LogP contribution is 2.53. The van der Waals surface area contributed by atoms with E-state index in [1.807, 2.05) is 0 Å². The predicted molar refractivity (Wildman–Crippen MR) is 18.0 cm³/mol. The first kappa shape index (κ1) is 7.64. The molecule has 1 N–H and O–H groups in total. The summed E-state index contributed by atoms with van der Waals surface area (Å²) in [6.07, 6.45) is -5.55. The highest BCUT2D eigenvalue weighted by Gasteiger charge is 2.86. The van der Waals surface area contributed by atoms with Gasteiger partial charge in [-0.25, -0.2) is 9.71 Å². The molecule has 1 aliphatic heterocycles. The summed E-state index contributed by atoms with van der Waals surface area (Å²) in [7, 11) is 0.